The molecule has 20 heavy (non-hydrogen) atoms. The van der Waals surface area contributed by atoms with Gasteiger partial charge in [0.05, 0.1) is 12.7 Å². The third-order valence-electron chi connectivity index (χ3n) is 3.36. The van der Waals surface area contributed by atoms with Crippen molar-refractivity contribution in [2.24, 2.45) is 0 Å². The van der Waals surface area contributed by atoms with Crippen LogP contribution in [0.3, 0.4) is 0 Å². The van der Waals surface area contributed by atoms with E-state index in [0.29, 0.717) is 5.56 Å². The van der Waals surface area contributed by atoms with Crippen LogP contribution < -0.4 is 4.74 Å². The summed E-state index contributed by atoms with van der Waals surface area (Å²) in [7, 11) is 1.63. The molecule has 0 unspecified atom stereocenters. The summed E-state index contributed by atoms with van der Waals surface area (Å²) >= 11 is 0. The summed E-state index contributed by atoms with van der Waals surface area (Å²) in [6, 6.07) is 7.49. The molecule has 0 amide bonds. The number of nitrogens with one attached hydrogen (secondary N) is 1. The number of methoxy groups -OCH3 is 1. The summed E-state index contributed by atoms with van der Waals surface area (Å²) in [5, 5.41) is 9.27. The average Bonchev–Trinajstić information content (AvgIpc) is 2.84. The Balaban J connectivity index is 2.50. The first-order valence-electron chi connectivity index (χ1n) is 6.55. The Morgan fingerprint density at radius 2 is 2.00 bits per heavy atom. The Morgan fingerprint density at radius 3 is 2.45 bits per heavy atom. The van der Waals surface area contributed by atoms with Gasteiger partial charge in [0, 0.05) is 11.4 Å². The van der Waals surface area contributed by atoms with Crippen LogP contribution >= 0.6 is 0 Å². The maximum Gasteiger partial charge on any atom is 0.337 e. The van der Waals surface area contributed by atoms with Crippen molar-refractivity contribution in [1.82, 2.24) is 4.98 Å². The molecule has 2 rings (SSSR count). The maximum absolute atomic E-state index is 11.3. The van der Waals surface area contributed by atoms with Gasteiger partial charge in [-0.3, -0.25) is 0 Å². The van der Waals surface area contributed by atoms with E-state index < -0.39 is 5.97 Å². The lowest BCUT2D eigenvalue weighted by atomic mass is 10.1. The number of carboxylic acid groups (broad SMARTS) is 1. The van der Waals surface area contributed by atoms with E-state index in [-0.39, 0.29) is 5.92 Å². The minimum atomic E-state index is -0.901. The van der Waals surface area contributed by atoms with Crippen molar-refractivity contribution < 1.29 is 14.6 Å². The number of carboxylic acids is 1. The van der Waals surface area contributed by atoms with Gasteiger partial charge in [0.1, 0.15) is 5.75 Å². The fourth-order valence-electron chi connectivity index (χ4n) is 2.30. The third-order valence-corrected chi connectivity index (χ3v) is 3.36. The van der Waals surface area contributed by atoms with Crippen LogP contribution in [0.15, 0.2) is 24.3 Å². The summed E-state index contributed by atoms with van der Waals surface area (Å²) < 4.78 is 5.24. The van der Waals surface area contributed by atoms with E-state index in [9.17, 15) is 9.90 Å². The monoisotopic (exact) mass is 273 g/mol. The fourth-order valence-corrected chi connectivity index (χ4v) is 2.30. The van der Waals surface area contributed by atoms with Gasteiger partial charge in [-0.25, -0.2) is 4.79 Å². The molecule has 1 heterocycles. The van der Waals surface area contributed by atoms with Gasteiger partial charge in [0.25, 0.3) is 0 Å². The Morgan fingerprint density at radius 1 is 1.30 bits per heavy atom. The first-order chi connectivity index (χ1) is 9.43. The first kappa shape index (κ1) is 14.2. The molecule has 1 aromatic carbocycles. The molecule has 0 saturated carbocycles. The standard InChI is InChI=1S/C16H19NO3/c1-9(2)15-12(16(18)19)8-13(17-15)11-5-6-14(20-4)10(3)7-11/h5-9,17H,1-4H3,(H,18,19). The second kappa shape index (κ2) is 5.41. The predicted molar refractivity (Wildman–Crippen MR) is 78.6 cm³/mol. The van der Waals surface area contributed by atoms with Gasteiger partial charge >= 0.3 is 5.97 Å². The van der Waals surface area contributed by atoms with Gasteiger partial charge in [-0.1, -0.05) is 13.8 Å². The summed E-state index contributed by atoms with van der Waals surface area (Å²) in [5.41, 5.74) is 3.88. The van der Waals surface area contributed by atoms with Crippen molar-refractivity contribution in [3.63, 3.8) is 0 Å². The molecule has 0 spiro atoms. The van der Waals surface area contributed by atoms with Crippen LogP contribution in [0.1, 0.15) is 41.4 Å². The number of benzene rings is 1. The van der Waals surface area contributed by atoms with E-state index in [0.717, 1.165) is 28.3 Å². The molecule has 1 aromatic heterocycles. The second-order valence-corrected chi connectivity index (χ2v) is 5.15. The molecule has 0 aliphatic heterocycles. The summed E-state index contributed by atoms with van der Waals surface area (Å²) in [5.74, 6) is 0.0541. The van der Waals surface area contributed by atoms with Crippen LogP contribution in [0.25, 0.3) is 11.3 Å². The van der Waals surface area contributed by atoms with Crippen LogP contribution in [0.4, 0.5) is 0 Å². The fraction of sp³-hybridized carbons (Fsp3) is 0.312. The number of aromatic amines is 1. The number of carbonyl (C=O) groups is 1. The highest BCUT2D eigenvalue weighted by Gasteiger charge is 2.17. The van der Waals surface area contributed by atoms with Gasteiger partial charge in [0.2, 0.25) is 0 Å². The molecule has 0 aliphatic rings. The van der Waals surface area contributed by atoms with Gasteiger partial charge in [0.15, 0.2) is 0 Å². The number of H-pyrrole nitrogens is 1. The van der Waals surface area contributed by atoms with E-state index in [1.165, 1.54) is 0 Å². The summed E-state index contributed by atoms with van der Waals surface area (Å²) in [6.07, 6.45) is 0. The molecule has 4 nitrogen and oxygen atoms in total. The molecule has 106 valence electrons. The molecule has 2 aromatic rings. The number of ether oxygens (including phenoxy) is 1. The third kappa shape index (κ3) is 2.54. The van der Waals surface area contributed by atoms with Gasteiger partial charge in [-0.2, -0.15) is 0 Å². The Hall–Kier alpha value is -2.23. The molecular weight excluding hydrogens is 254 g/mol. The summed E-state index contributed by atoms with van der Waals surface area (Å²) in [6.45, 7) is 5.91. The highest BCUT2D eigenvalue weighted by atomic mass is 16.5. The Labute approximate surface area is 118 Å². The van der Waals surface area contributed by atoms with E-state index in [4.69, 9.17) is 4.74 Å². The van der Waals surface area contributed by atoms with E-state index in [2.05, 4.69) is 4.98 Å². The van der Waals surface area contributed by atoms with Crippen LogP contribution in [-0.2, 0) is 0 Å². The lowest BCUT2D eigenvalue weighted by Crippen LogP contribution is -2.01. The van der Waals surface area contributed by atoms with E-state index >= 15 is 0 Å². The molecule has 0 saturated heterocycles. The van der Waals surface area contributed by atoms with Gasteiger partial charge in [-0.15, -0.1) is 0 Å². The quantitative estimate of drug-likeness (QED) is 0.890. The SMILES string of the molecule is COc1ccc(-c2cc(C(=O)O)c(C(C)C)[nH]2)cc1C. The lowest BCUT2D eigenvalue weighted by molar-refractivity contribution is 0.0695. The minimum absolute atomic E-state index is 0.134. The van der Waals surface area contributed by atoms with Crippen LogP contribution in [0.5, 0.6) is 5.75 Å². The maximum atomic E-state index is 11.3. The van der Waals surface area contributed by atoms with Crippen LogP contribution in [-0.4, -0.2) is 23.2 Å². The number of hydrogen-bond acceptors (Lipinski definition) is 2. The van der Waals surface area contributed by atoms with Crippen LogP contribution in [0.2, 0.25) is 0 Å². The van der Waals surface area contributed by atoms with Crippen LogP contribution in [0, 0.1) is 6.92 Å². The van der Waals surface area contributed by atoms with Crippen molar-refractivity contribution >= 4 is 5.97 Å². The van der Waals surface area contributed by atoms with E-state index in [1.54, 1.807) is 13.2 Å². The molecule has 0 radical (unpaired) electrons. The molecule has 0 bridgehead atoms. The first-order valence-corrected chi connectivity index (χ1v) is 6.55. The highest BCUT2D eigenvalue weighted by molar-refractivity contribution is 5.91. The molecule has 0 atom stereocenters. The Kier molecular flexibility index (Phi) is 3.84. The summed E-state index contributed by atoms with van der Waals surface area (Å²) in [4.78, 5) is 14.5. The number of aromatic carboxylic acids is 1. The lowest BCUT2D eigenvalue weighted by Gasteiger charge is -2.06. The molecule has 0 aliphatic carbocycles. The number of aryl methyl sites for hydroxylation is 1. The molecule has 2 N–H and O–H groups in total. The minimum Gasteiger partial charge on any atom is -0.496 e. The van der Waals surface area contributed by atoms with Crippen molar-refractivity contribution in [2.75, 3.05) is 7.11 Å². The van der Waals surface area contributed by atoms with Crippen molar-refractivity contribution in [1.29, 1.82) is 0 Å². The highest BCUT2D eigenvalue weighted by Crippen LogP contribution is 2.29. The van der Waals surface area contributed by atoms with Gasteiger partial charge < -0.3 is 14.8 Å². The zero-order valence-electron chi connectivity index (χ0n) is 12.2. The molecule has 0 fully saturated rings. The number of aromatic nitrogens is 1. The second-order valence-electron chi connectivity index (χ2n) is 5.15. The Bertz CT molecular complexity index is 641. The van der Waals surface area contributed by atoms with Gasteiger partial charge in [-0.05, 0) is 48.2 Å². The number of hydrogen-bond donors (Lipinski definition) is 2. The topological polar surface area (TPSA) is 62.3 Å². The van der Waals surface area contributed by atoms with Crippen molar-refractivity contribution in [2.45, 2.75) is 26.7 Å². The zero-order valence-corrected chi connectivity index (χ0v) is 12.2. The smallest absolute Gasteiger partial charge is 0.337 e. The molecular formula is C16H19NO3. The van der Waals surface area contributed by atoms with Crippen molar-refractivity contribution in [3.8, 4) is 17.0 Å². The molecule has 4 heteroatoms. The largest absolute Gasteiger partial charge is 0.496 e. The predicted octanol–water partition coefficient (Wildman–Crippen LogP) is 3.82. The number of rotatable bonds is 4. The van der Waals surface area contributed by atoms with Crippen molar-refractivity contribution in [3.05, 3.63) is 41.1 Å². The zero-order chi connectivity index (χ0) is 14.9. The normalized spacial score (nSPS) is 10.8. The van der Waals surface area contributed by atoms with E-state index in [1.807, 2.05) is 39.0 Å². The average molecular weight is 273 g/mol.